The minimum Gasteiger partial charge on any atom is -0.316 e. The maximum absolute atomic E-state index is 3.10. The predicted molar refractivity (Wildman–Crippen MR) is 47.2 cm³/mol. The Balaban J connectivity index is 3.30. The van der Waals surface area contributed by atoms with E-state index in [9.17, 15) is 0 Å². The first kappa shape index (κ1) is 9.70. The van der Waals surface area contributed by atoms with E-state index in [1.54, 1.807) is 0 Å². The van der Waals surface area contributed by atoms with Gasteiger partial charge in [0.15, 0.2) is 0 Å². The molecule has 0 bridgehead atoms. The van der Waals surface area contributed by atoms with Gasteiger partial charge in [-0.2, -0.15) is 0 Å². The summed E-state index contributed by atoms with van der Waals surface area (Å²) in [7, 11) is 1.98. The third-order valence-electron chi connectivity index (χ3n) is 1.58. The molecule has 0 atom stereocenters. The van der Waals surface area contributed by atoms with E-state index in [1.807, 2.05) is 7.05 Å². The summed E-state index contributed by atoms with van der Waals surface area (Å²) in [5.74, 6) is 0. The summed E-state index contributed by atoms with van der Waals surface area (Å²) >= 11 is 0. The van der Waals surface area contributed by atoms with Gasteiger partial charge in [-0.15, -0.1) is 0 Å². The van der Waals surface area contributed by atoms with Crippen LogP contribution in [0, 0.1) is 0 Å². The molecule has 0 saturated carbocycles. The van der Waals surface area contributed by atoms with Crippen molar-refractivity contribution >= 4 is 0 Å². The topological polar surface area (TPSA) is 12.0 Å². The molecule has 0 fully saturated rings. The summed E-state index contributed by atoms with van der Waals surface area (Å²) < 4.78 is 0. The molecule has 0 amide bonds. The van der Waals surface area contributed by atoms with E-state index >= 15 is 0 Å². The van der Waals surface area contributed by atoms with Gasteiger partial charge in [0, 0.05) is 6.54 Å². The number of allylic oxidation sites excluding steroid dienone is 1. The van der Waals surface area contributed by atoms with E-state index in [0.29, 0.717) is 0 Å². The molecule has 0 aliphatic heterocycles. The average Bonchev–Trinajstić information content (AvgIpc) is 1.97. The molecule has 1 heteroatoms. The second-order valence-corrected chi connectivity index (χ2v) is 2.71. The number of likely N-dealkylation sites (N-methyl/N-ethyl adjacent to an activating group) is 1. The predicted octanol–water partition coefficient (Wildman–Crippen LogP) is 2.34. The fourth-order valence-corrected chi connectivity index (χ4v) is 0.834. The third kappa shape index (κ3) is 5.83. The summed E-state index contributed by atoms with van der Waals surface area (Å²) in [6.07, 6.45) is 6.14. The molecule has 0 heterocycles. The summed E-state index contributed by atoms with van der Waals surface area (Å²) in [4.78, 5) is 0. The Hall–Kier alpha value is -0.300. The van der Waals surface area contributed by atoms with E-state index in [-0.39, 0.29) is 0 Å². The van der Waals surface area contributed by atoms with Gasteiger partial charge in [0.05, 0.1) is 0 Å². The molecule has 0 saturated heterocycles. The lowest BCUT2D eigenvalue weighted by atomic mass is 10.1. The van der Waals surface area contributed by atoms with Crippen LogP contribution in [0.2, 0.25) is 0 Å². The van der Waals surface area contributed by atoms with Crippen LogP contribution in [0.25, 0.3) is 0 Å². The minimum absolute atomic E-state index is 1.01. The van der Waals surface area contributed by atoms with Crippen molar-refractivity contribution in [1.82, 2.24) is 5.32 Å². The van der Waals surface area contributed by atoms with Gasteiger partial charge >= 0.3 is 0 Å². The molecule has 0 aliphatic rings. The molecular formula is C9H19N. The van der Waals surface area contributed by atoms with E-state index < -0.39 is 0 Å². The van der Waals surface area contributed by atoms with Gasteiger partial charge in [-0.3, -0.25) is 0 Å². The Labute approximate surface area is 64.5 Å². The molecule has 0 rings (SSSR count). The maximum atomic E-state index is 3.10. The van der Waals surface area contributed by atoms with Crippen molar-refractivity contribution in [3.05, 3.63) is 11.6 Å². The van der Waals surface area contributed by atoms with Crippen molar-refractivity contribution in [3.63, 3.8) is 0 Å². The molecule has 0 aromatic carbocycles. The summed E-state index contributed by atoms with van der Waals surface area (Å²) in [6, 6.07) is 0. The second-order valence-electron chi connectivity index (χ2n) is 2.71. The lowest BCUT2D eigenvalue weighted by molar-refractivity contribution is 0.780. The van der Waals surface area contributed by atoms with Crippen LogP contribution >= 0.6 is 0 Å². The molecule has 60 valence electrons. The van der Waals surface area contributed by atoms with Crippen LogP contribution in [0.15, 0.2) is 11.6 Å². The van der Waals surface area contributed by atoms with Crippen LogP contribution in [0.5, 0.6) is 0 Å². The van der Waals surface area contributed by atoms with E-state index in [2.05, 4.69) is 25.2 Å². The molecule has 0 unspecified atom stereocenters. The van der Waals surface area contributed by atoms with Crippen LogP contribution in [0.1, 0.15) is 33.1 Å². The first-order chi connectivity index (χ1) is 4.81. The molecule has 0 aromatic rings. The Morgan fingerprint density at radius 3 is 2.70 bits per heavy atom. The first-order valence-corrected chi connectivity index (χ1v) is 4.11. The lowest BCUT2D eigenvalue weighted by Gasteiger charge is -1.98. The van der Waals surface area contributed by atoms with E-state index in [1.165, 1.54) is 24.8 Å². The quantitative estimate of drug-likeness (QED) is 0.579. The van der Waals surface area contributed by atoms with Gasteiger partial charge in [0.1, 0.15) is 0 Å². The largest absolute Gasteiger partial charge is 0.316 e. The zero-order valence-corrected chi connectivity index (χ0v) is 7.41. The SMILES string of the molecule is CCCC/C(C)=C\CNC. The Morgan fingerprint density at radius 1 is 1.50 bits per heavy atom. The van der Waals surface area contributed by atoms with Crippen molar-refractivity contribution in [2.45, 2.75) is 33.1 Å². The standard InChI is InChI=1S/C9H19N/c1-4-5-6-9(2)7-8-10-3/h7,10H,4-6,8H2,1-3H3/b9-7-. The highest BCUT2D eigenvalue weighted by Gasteiger charge is 1.86. The highest BCUT2D eigenvalue weighted by Crippen LogP contribution is 2.04. The van der Waals surface area contributed by atoms with Crippen molar-refractivity contribution < 1.29 is 0 Å². The summed E-state index contributed by atoms with van der Waals surface area (Å²) in [5.41, 5.74) is 1.51. The fourth-order valence-electron chi connectivity index (χ4n) is 0.834. The number of hydrogen-bond donors (Lipinski definition) is 1. The molecule has 0 aromatic heterocycles. The number of hydrogen-bond acceptors (Lipinski definition) is 1. The molecule has 1 nitrogen and oxygen atoms in total. The van der Waals surface area contributed by atoms with Gasteiger partial charge in [0.25, 0.3) is 0 Å². The monoisotopic (exact) mass is 141 g/mol. The maximum Gasteiger partial charge on any atom is 0.0134 e. The third-order valence-corrected chi connectivity index (χ3v) is 1.58. The summed E-state index contributed by atoms with van der Waals surface area (Å²) in [6.45, 7) is 5.44. The fraction of sp³-hybridized carbons (Fsp3) is 0.778. The van der Waals surface area contributed by atoms with Crippen LogP contribution in [-0.4, -0.2) is 13.6 Å². The van der Waals surface area contributed by atoms with Gasteiger partial charge in [-0.25, -0.2) is 0 Å². The van der Waals surface area contributed by atoms with Crippen LogP contribution in [0.3, 0.4) is 0 Å². The van der Waals surface area contributed by atoms with Crippen molar-refractivity contribution in [2.24, 2.45) is 0 Å². The first-order valence-electron chi connectivity index (χ1n) is 4.11. The highest BCUT2D eigenvalue weighted by molar-refractivity contribution is 4.98. The number of unbranched alkanes of at least 4 members (excludes halogenated alkanes) is 1. The Morgan fingerprint density at radius 2 is 2.20 bits per heavy atom. The molecule has 0 radical (unpaired) electrons. The summed E-state index contributed by atoms with van der Waals surface area (Å²) in [5, 5.41) is 3.10. The molecule has 1 N–H and O–H groups in total. The average molecular weight is 141 g/mol. The minimum atomic E-state index is 1.01. The van der Waals surface area contributed by atoms with Crippen molar-refractivity contribution in [3.8, 4) is 0 Å². The van der Waals surface area contributed by atoms with Crippen LogP contribution in [0.4, 0.5) is 0 Å². The van der Waals surface area contributed by atoms with Crippen LogP contribution < -0.4 is 5.32 Å². The Kier molecular flexibility index (Phi) is 6.61. The Bertz CT molecular complexity index is 94.9. The molecule has 0 spiro atoms. The van der Waals surface area contributed by atoms with Crippen molar-refractivity contribution in [2.75, 3.05) is 13.6 Å². The zero-order valence-electron chi connectivity index (χ0n) is 7.41. The molecular weight excluding hydrogens is 122 g/mol. The van der Waals surface area contributed by atoms with Gasteiger partial charge in [-0.05, 0) is 26.8 Å². The molecule has 0 aliphatic carbocycles. The zero-order chi connectivity index (χ0) is 7.82. The molecule has 10 heavy (non-hydrogen) atoms. The van der Waals surface area contributed by atoms with Gasteiger partial charge in [-0.1, -0.05) is 25.0 Å². The lowest BCUT2D eigenvalue weighted by Crippen LogP contribution is -2.04. The van der Waals surface area contributed by atoms with Crippen molar-refractivity contribution in [1.29, 1.82) is 0 Å². The van der Waals surface area contributed by atoms with Crippen LogP contribution in [-0.2, 0) is 0 Å². The van der Waals surface area contributed by atoms with Gasteiger partial charge < -0.3 is 5.32 Å². The normalized spacial score (nSPS) is 12.1. The smallest absolute Gasteiger partial charge is 0.0134 e. The number of nitrogens with one attached hydrogen (secondary N) is 1. The van der Waals surface area contributed by atoms with E-state index in [0.717, 1.165) is 6.54 Å². The van der Waals surface area contributed by atoms with E-state index in [4.69, 9.17) is 0 Å². The van der Waals surface area contributed by atoms with Gasteiger partial charge in [0.2, 0.25) is 0 Å². The number of rotatable bonds is 5. The second kappa shape index (κ2) is 6.81. The highest BCUT2D eigenvalue weighted by atomic mass is 14.8.